The molecule has 2 aromatic rings. The van der Waals surface area contributed by atoms with Crippen molar-refractivity contribution in [3.63, 3.8) is 0 Å². The second-order valence-corrected chi connectivity index (χ2v) is 4.77. The Kier molecular flexibility index (Phi) is 3.43. The predicted molar refractivity (Wildman–Crippen MR) is 71.1 cm³/mol. The van der Waals surface area contributed by atoms with Crippen LogP contribution in [-0.2, 0) is 0 Å². The van der Waals surface area contributed by atoms with E-state index in [1.807, 2.05) is 31.2 Å². The summed E-state index contributed by atoms with van der Waals surface area (Å²) in [6.45, 7) is 2.00. The number of hydrogen-bond acceptors (Lipinski definition) is 2. The Labute approximate surface area is 108 Å². The molecule has 88 valence electrons. The van der Waals surface area contributed by atoms with Crippen LogP contribution in [0.15, 0.2) is 41.0 Å². The molecule has 0 saturated carbocycles. The summed E-state index contributed by atoms with van der Waals surface area (Å²) < 4.78 is 14.4. The normalized spacial score (nSPS) is 10.4. The zero-order valence-electron chi connectivity index (χ0n) is 9.61. The third kappa shape index (κ3) is 2.64. The van der Waals surface area contributed by atoms with Crippen LogP contribution in [0, 0.1) is 12.7 Å². The van der Waals surface area contributed by atoms with Gasteiger partial charge in [-0.25, -0.2) is 9.37 Å². The SMILES string of the molecule is Cc1cccc(N(C)c2ncc(Br)cc2F)c1. The number of rotatable bonds is 2. The number of nitrogens with zero attached hydrogens (tertiary/aromatic N) is 2. The van der Waals surface area contributed by atoms with Crippen molar-refractivity contribution in [3.05, 3.63) is 52.4 Å². The minimum atomic E-state index is -0.344. The minimum absolute atomic E-state index is 0.318. The lowest BCUT2D eigenvalue weighted by molar-refractivity contribution is 0.620. The summed E-state index contributed by atoms with van der Waals surface area (Å²) in [4.78, 5) is 5.82. The van der Waals surface area contributed by atoms with Crippen LogP contribution < -0.4 is 4.90 Å². The standard InChI is InChI=1S/C13H12BrFN2/c1-9-4-3-5-11(6-9)17(2)13-12(15)7-10(14)8-16-13/h3-8H,1-2H3. The van der Waals surface area contributed by atoms with Gasteiger partial charge in [0, 0.05) is 23.4 Å². The number of benzene rings is 1. The maximum Gasteiger partial charge on any atom is 0.169 e. The Morgan fingerprint density at radius 3 is 2.71 bits per heavy atom. The van der Waals surface area contributed by atoms with E-state index in [4.69, 9.17) is 0 Å². The van der Waals surface area contributed by atoms with Crippen LogP contribution >= 0.6 is 15.9 Å². The maximum atomic E-state index is 13.8. The highest BCUT2D eigenvalue weighted by atomic mass is 79.9. The van der Waals surface area contributed by atoms with Crippen LogP contribution in [0.4, 0.5) is 15.9 Å². The van der Waals surface area contributed by atoms with Gasteiger partial charge in [0.25, 0.3) is 0 Å². The summed E-state index contributed by atoms with van der Waals surface area (Å²) in [5.41, 5.74) is 2.05. The van der Waals surface area contributed by atoms with Gasteiger partial charge in [-0.05, 0) is 46.6 Å². The third-order valence-corrected chi connectivity index (χ3v) is 2.93. The molecule has 0 radical (unpaired) electrons. The Hall–Kier alpha value is -1.42. The Balaban J connectivity index is 2.40. The number of anilines is 2. The van der Waals surface area contributed by atoms with E-state index in [2.05, 4.69) is 20.9 Å². The van der Waals surface area contributed by atoms with Crippen molar-refractivity contribution in [1.29, 1.82) is 0 Å². The Morgan fingerprint density at radius 2 is 2.06 bits per heavy atom. The van der Waals surface area contributed by atoms with Gasteiger partial charge in [0.15, 0.2) is 11.6 Å². The van der Waals surface area contributed by atoms with E-state index < -0.39 is 0 Å². The number of halogens is 2. The van der Waals surface area contributed by atoms with Crippen LogP contribution in [-0.4, -0.2) is 12.0 Å². The molecule has 0 spiro atoms. The molecule has 0 saturated heterocycles. The van der Waals surface area contributed by atoms with E-state index in [1.54, 1.807) is 18.1 Å². The lowest BCUT2D eigenvalue weighted by Gasteiger charge is -2.19. The molecular weight excluding hydrogens is 283 g/mol. The van der Waals surface area contributed by atoms with E-state index in [-0.39, 0.29) is 5.82 Å². The highest BCUT2D eigenvalue weighted by Crippen LogP contribution is 2.26. The number of hydrogen-bond donors (Lipinski definition) is 0. The first-order chi connectivity index (χ1) is 8.08. The third-order valence-electron chi connectivity index (χ3n) is 2.50. The van der Waals surface area contributed by atoms with Crippen molar-refractivity contribution in [1.82, 2.24) is 4.98 Å². The lowest BCUT2D eigenvalue weighted by Crippen LogP contribution is -2.13. The number of pyridine rings is 1. The maximum absolute atomic E-state index is 13.8. The monoisotopic (exact) mass is 294 g/mol. The fourth-order valence-electron chi connectivity index (χ4n) is 1.61. The van der Waals surface area contributed by atoms with E-state index in [1.165, 1.54) is 6.07 Å². The smallest absolute Gasteiger partial charge is 0.169 e. The number of aryl methyl sites for hydroxylation is 1. The molecule has 0 atom stereocenters. The molecule has 0 N–H and O–H groups in total. The van der Waals surface area contributed by atoms with Crippen LogP contribution in [0.2, 0.25) is 0 Å². The van der Waals surface area contributed by atoms with E-state index in [9.17, 15) is 4.39 Å². The van der Waals surface area contributed by atoms with Crippen LogP contribution in [0.25, 0.3) is 0 Å². The van der Waals surface area contributed by atoms with Gasteiger partial charge >= 0.3 is 0 Å². The summed E-state index contributed by atoms with van der Waals surface area (Å²) >= 11 is 3.19. The highest BCUT2D eigenvalue weighted by molar-refractivity contribution is 9.10. The van der Waals surface area contributed by atoms with Crippen molar-refractivity contribution in [3.8, 4) is 0 Å². The molecule has 0 bridgehead atoms. The lowest BCUT2D eigenvalue weighted by atomic mass is 10.2. The molecule has 2 nitrogen and oxygen atoms in total. The molecule has 4 heteroatoms. The van der Waals surface area contributed by atoms with Crippen LogP contribution in [0.3, 0.4) is 0 Å². The molecule has 0 aliphatic carbocycles. The van der Waals surface area contributed by atoms with Gasteiger partial charge in [0.1, 0.15) is 0 Å². The first-order valence-electron chi connectivity index (χ1n) is 5.19. The van der Waals surface area contributed by atoms with E-state index >= 15 is 0 Å². The first-order valence-corrected chi connectivity index (χ1v) is 5.98. The fourth-order valence-corrected chi connectivity index (χ4v) is 1.92. The average molecular weight is 295 g/mol. The van der Waals surface area contributed by atoms with Crippen molar-refractivity contribution in [2.45, 2.75) is 6.92 Å². The molecule has 0 amide bonds. The second-order valence-electron chi connectivity index (χ2n) is 3.86. The molecule has 1 aromatic heterocycles. The summed E-state index contributed by atoms with van der Waals surface area (Å²) in [6, 6.07) is 9.27. The minimum Gasteiger partial charge on any atom is -0.327 e. The highest BCUT2D eigenvalue weighted by Gasteiger charge is 2.11. The molecule has 0 fully saturated rings. The number of aromatic nitrogens is 1. The van der Waals surface area contributed by atoms with Gasteiger partial charge in [0.05, 0.1) is 0 Å². The van der Waals surface area contributed by atoms with E-state index in [0.717, 1.165) is 11.3 Å². The summed E-state index contributed by atoms with van der Waals surface area (Å²) in [5, 5.41) is 0. The molecule has 0 unspecified atom stereocenters. The topological polar surface area (TPSA) is 16.1 Å². The molecule has 0 aliphatic rings. The predicted octanol–water partition coefficient (Wildman–Crippen LogP) is 4.06. The van der Waals surface area contributed by atoms with Crippen LogP contribution in [0.5, 0.6) is 0 Å². The van der Waals surface area contributed by atoms with Crippen LogP contribution in [0.1, 0.15) is 5.56 Å². The zero-order chi connectivity index (χ0) is 12.4. The van der Waals surface area contributed by atoms with Gasteiger partial charge in [-0.1, -0.05) is 12.1 Å². The van der Waals surface area contributed by atoms with Crippen molar-refractivity contribution < 1.29 is 4.39 Å². The van der Waals surface area contributed by atoms with Gasteiger partial charge in [-0.3, -0.25) is 0 Å². The van der Waals surface area contributed by atoms with Gasteiger partial charge in [-0.15, -0.1) is 0 Å². The van der Waals surface area contributed by atoms with Crippen molar-refractivity contribution in [2.75, 3.05) is 11.9 Å². The summed E-state index contributed by atoms with van der Waals surface area (Å²) in [7, 11) is 1.80. The van der Waals surface area contributed by atoms with Gasteiger partial charge < -0.3 is 4.90 Å². The molecule has 1 heterocycles. The quantitative estimate of drug-likeness (QED) is 0.830. The largest absolute Gasteiger partial charge is 0.327 e. The summed E-state index contributed by atoms with van der Waals surface area (Å²) in [5.74, 6) is -0.0258. The van der Waals surface area contributed by atoms with Gasteiger partial charge in [0.2, 0.25) is 0 Å². The van der Waals surface area contributed by atoms with Gasteiger partial charge in [-0.2, -0.15) is 0 Å². The Morgan fingerprint density at radius 1 is 1.29 bits per heavy atom. The first kappa shape index (κ1) is 12.0. The summed E-state index contributed by atoms with van der Waals surface area (Å²) in [6.07, 6.45) is 1.59. The molecule has 2 rings (SSSR count). The van der Waals surface area contributed by atoms with E-state index in [0.29, 0.717) is 10.3 Å². The average Bonchev–Trinajstić information content (AvgIpc) is 2.28. The fraction of sp³-hybridized carbons (Fsp3) is 0.154. The molecular formula is C13H12BrFN2. The molecule has 17 heavy (non-hydrogen) atoms. The molecule has 0 aliphatic heterocycles. The zero-order valence-corrected chi connectivity index (χ0v) is 11.2. The second kappa shape index (κ2) is 4.84. The van der Waals surface area contributed by atoms with Crippen molar-refractivity contribution >= 4 is 27.4 Å². The molecule has 1 aromatic carbocycles. The van der Waals surface area contributed by atoms with Crippen molar-refractivity contribution in [2.24, 2.45) is 0 Å². The Bertz CT molecular complexity index is 543.